The molecule has 0 aliphatic carbocycles. The van der Waals surface area contributed by atoms with Crippen LogP contribution in [-0.2, 0) is 23.0 Å². The number of aromatic nitrogens is 1. The van der Waals surface area contributed by atoms with Gasteiger partial charge in [-0.2, -0.15) is 4.31 Å². The van der Waals surface area contributed by atoms with Crippen molar-refractivity contribution < 1.29 is 17.6 Å². The van der Waals surface area contributed by atoms with Gasteiger partial charge in [-0.3, -0.25) is 9.69 Å². The maximum atomic E-state index is 13.7. The summed E-state index contributed by atoms with van der Waals surface area (Å²) in [6, 6.07) is 18.3. The zero-order valence-corrected chi connectivity index (χ0v) is 22.2. The van der Waals surface area contributed by atoms with Gasteiger partial charge in [0.25, 0.3) is 5.91 Å². The molecule has 3 aromatic carbocycles. The number of hydrogen-bond donors (Lipinski definition) is 0. The minimum atomic E-state index is -3.71. The van der Waals surface area contributed by atoms with E-state index in [1.165, 1.54) is 45.5 Å². The summed E-state index contributed by atoms with van der Waals surface area (Å²) >= 11 is 1.25. The second-order valence-electron chi connectivity index (χ2n) is 9.25. The zero-order chi connectivity index (χ0) is 26.2. The first-order chi connectivity index (χ1) is 17.7. The molecule has 1 aliphatic heterocycles. The van der Waals surface area contributed by atoms with E-state index >= 15 is 0 Å². The lowest BCUT2D eigenvalue weighted by Gasteiger charge is -2.28. The van der Waals surface area contributed by atoms with Crippen molar-refractivity contribution >= 4 is 42.6 Å². The van der Waals surface area contributed by atoms with Gasteiger partial charge in [-0.25, -0.2) is 17.8 Å². The third-order valence-corrected chi connectivity index (χ3v) is 9.32. The number of thiazole rings is 1. The molecule has 0 bridgehead atoms. The standard InChI is InChI=1S/C27H27FN4O3S2/c1-30(2)15-16-32(27-29-24-12-9-22(28)17-25(24)36-27)26(33)20-7-10-23(11-8-20)37(34,35)31-14-13-19-5-3-4-6-21(19)18-31/h3-12,17H,13-16,18H2,1-2H3. The fourth-order valence-corrected chi connectivity index (χ4v) is 6.77. The highest BCUT2D eigenvalue weighted by atomic mass is 32.2. The first kappa shape index (κ1) is 25.5. The van der Waals surface area contributed by atoms with Crippen LogP contribution in [0.1, 0.15) is 21.5 Å². The van der Waals surface area contributed by atoms with E-state index in [2.05, 4.69) is 4.98 Å². The summed E-state index contributed by atoms with van der Waals surface area (Å²) < 4.78 is 42.5. The molecule has 10 heteroatoms. The first-order valence-corrected chi connectivity index (χ1v) is 14.2. The second-order valence-corrected chi connectivity index (χ2v) is 12.2. The summed E-state index contributed by atoms with van der Waals surface area (Å²) in [6.07, 6.45) is 0.666. The number of likely N-dealkylation sites (N-methyl/N-ethyl adjacent to an activating group) is 1. The highest BCUT2D eigenvalue weighted by Crippen LogP contribution is 2.31. The lowest BCUT2D eigenvalue weighted by molar-refractivity contribution is 0.0985. The van der Waals surface area contributed by atoms with Crippen molar-refractivity contribution in [2.75, 3.05) is 38.6 Å². The summed E-state index contributed by atoms with van der Waals surface area (Å²) in [5.74, 6) is -0.653. The minimum absolute atomic E-state index is 0.152. The first-order valence-electron chi connectivity index (χ1n) is 11.9. The molecule has 0 radical (unpaired) electrons. The Labute approximate surface area is 219 Å². The van der Waals surface area contributed by atoms with Gasteiger partial charge in [0.05, 0.1) is 15.1 Å². The number of amides is 1. The smallest absolute Gasteiger partial charge is 0.260 e. The molecule has 0 fully saturated rings. The van der Waals surface area contributed by atoms with Crippen LogP contribution in [0, 0.1) is 5.82 Å². The molecule has 0 saturated carbocycles. The van der Waals surface area contributed by atoms with Gasteiger partial charge in [0.15, 0.2) is 5.13 Å². The molecular weight excluding hydrogens is 511 g/mol. The fourth-order valence-electron chi connectivity index (χ4n) is 4.34. The number of carbonyl (C=O) groups excluding carboxylic acids is 1. The highest BCUT2D eigenvalue weighted by Gasteiger charge is 2.29. The largest absolute Gasteiger partial charge is 0.308 e. The van der Waals surface area contributed by atoms with Gasteiger partial charge in [0.2, 0.25) is 10.0 Å². The molecule has 2 heterocycles. The molecule has 5 rings (SSSR count). The Morgan fingerprint density at radius 3 is 2.49 bits per heavy atom. The van der Waals surface area contributed by atoms with Gasteiger partial charge in [0.1, 0.15) is 5.82 Å². The SMILES string of the molecule is CN(C)CCN(C(=O)c1ccc(S(=O)(=O)N2CCc3ccccc3C2)cc1)c1nc2ccc(F)cc2s1. The molecule has 7 nitrogen and oxygen atoms in total. The Morgan fingerprint density at radius 1 is 1.03 bits per heavy atom. The molecule has 192 valence electrons. The number of anilines is 1. The van der Waals surface area contributed by atoms with Crippen LogP contribution in [0.25, 0.3) is 10.2 Å². The average molecular weight is 539 g/mol. The Kier molecular flexibility index (Phi) is 7.09. The van der Waals surface area contributed by atoms with Crippen molar-refractivity contribution in [1.82, 2.24) is 14.2 Å². The zero-order valence-electron chi connectivity index (χ0n) is 20.6. The minimum Gasteiger partial charge on any atom is -0.308 e. The van der Waals surface area contributed by atoms with E-state index in [-0.39, 0.29) is 16.6 Å². The van der Waals surface area contributed by atoms with E-state index in [0.717, 1.165) is 5.56 Å². The predicted octanol–water partition coefficient (Wildman–Crippen LogP) is 4.39. The summed E-state index contributed by atoms with van der Waals surface area (Å²) in [7, 11) is 0.117. The Bertz CT molecular complexity index is 1550. The number of fused-ring (bicyclic) bond motifs is 2. The van der Waals surface area contributed by atoms with Crippen molar-refractivity contribution in [1.29, 1.82) is 0 Å². The molecule has 0 spiro atoms. The van der Waals surface area contributed by atoms with Crippen LogP contribution in [-0.4, -0.2) is 62.2 Å². The molecule has 1 amide bonds. The predicted molar refractivity (Wildman–Crippen MR) is 144 cm³/mol. The third kappa shape index (κ3) is 5.28. The van der Waals surface area contributed by atoms with Gasteiger partial charge < -0.3 is 4.90 Å². The van der Waals surface area contributed by atoms with E-state index < -0.39 is 10.0 Å². The van der Waals surface area contributed by atoms with E-state index in [0.29, 0.717) is 53.5 Å². The molecule has 0 saturated heterocycles. The van der Waals surface area contributed by atoms with Crippen molar-refractivity contribution in [2.24, 2.45) is 0 Å². The molecule has 0 unspecified atom stereocenters. The van der Waals surface area contributed by atoms with Crippen LogP contribution in [0.4, 0.5) is 9.52 Å². The lowest BCUT2D eigenvalue weighted by Crippen LogP contribution is -2.37. The van der Waals surface area contributed by atoms with Crippen molar-refractivity contribution in [3.63, 3.8) is 0 Å². The molecule has 1 aromatic heterocycles. The summed E-state index contributed by atoms with van der Waals surface area (Å²) in [4.78, 5) is 21.8. The number of halogens is 1. The van der Waals surface area contributed by atoms with Crippen LogP contribution < -0.4 is 4.90 Å². The van der Waals surface area contributed by atoms with Crippen LogP contribution >= 0.6 is 11.3 Å². The van der Waals surface area contributed by atoms with Crippen molar-refractivity contribution in [2.45, 2.75) is 17.9 Å². The maximum absolute atomic E-state index is 13.7. The Morgan fingerprint density at radius 2 is 1.76 bits per heavy atom. The quantitative estimate of drug-likeness (QED) is 0.349. The molecular formula is C27H27FN4O3S2. The molecule has 37 heavy (non-hydrogen) atoms. The fraction of sp³-hybridized carbons (Fsp3) is 0.259. The van der Waals surface area contributed by atoms with Crippen molar-refractivity contribution in [3.05, 3.63) is 89.2 Å². The number of sulfonamides is 1. The van der Waals surface area contributed by atoms with Crippen LogP contribution in [0.15, 0.2) is 71.6 Å². The monoisotopic (exact) mass is 538 g/mol. The topological polar surface area (TPSA) is 73.8 Å². The maximum Gasteiger partial charge on any atom is 0.260 e. The second kappa shape index (κ2) is 10.3. The lowest BCUT2D eigenvalue weighted by atomic mass is 10.0. The van der Waals surface area contributed by atoms with Gasteiger partial charge in [-0.05, 0) is 74.1 Å². The van der Waals surface area contributed by atoms with Crippen LogP contribution in [0.3, 0.4) is 0 Å². The van der Waals surface area contributed by atoms with E-state index in [1.807, 2.05) is 43.3 Å². The van der Waals surface area contributed by atoms with Gasteiger partial charge in [-0.15, -0.1) is 0 Å². The number of benzene rings is 3. The van der Waals surface area contributed by atoms with E-state index in [1.54, 1.807) is 23.1 Å². The molecule has 1 aliphatic rings. The number of rotatable bonds is 7. The van der Waals surface area contributed by atoms with Gasteiger partial charge >= 0.3 is 0 Å². The third-order valence-electron chi connectivity index (χ3n) is 6.42. The van der Waals surface area contributed by atoms with Crippen LogP contribution in [0.2, 0.25) is 0 Å². The van der Waals surface area contributed by atoms with Gasteiger partial charge in [-0.1, -0.05) is 35.6 Å². The van der Waals surface area contributed by atoms with E-state index in [4.69, 9.17) is 0 Å². The molecule has 0 atom stereocenters. The average Bonchev–Trinajstić information content (AvgIpc) is 3.31. The van der Waals surface area contributed by atoms with Crippen molar-refractivity contribution in [3.8, 4) is 0 Å². The van der Waals surface area contributed by atoms with E-state index in [9.17, 15) is 17.6 Å². The number of carbonyl (C=O) groups is 1. The number of hydrogen-bond acceptors (Lipinski definition) is 6. The highest BCUT2D eigenvalue weighted by molar-refractivity contribution is 7.89. The normalized spacial score (nSPS) is 14.2. The Hall–Kier alpha value is -3.18. The Balaban J connectivity index is 1.40. The van der Waals surface area contributed by atoms with Crippen LogP contribution in [0.5, 0.6) is 0 Å². The summed E-state index contributed by atoms with van der Waals surface area (Å²) in [5.41, 5.74) is 3.16. The summed E-state index contributed by atoms with van der Waals surface area (Å²) in [5, 5.41) is 0.469. The van der Waals surface area contributed by atoms with Gasteiger partial charge in [0, 0.05) is 31.7 Å². The molecule has 0 N–H and O–H groups in total. The number of nitrogens with zero attached hydrogens (tertiary/aromatic N) is 4. The summed E-state index contributed by atoms with van der Waals surface area (Å²) in [6.45, 7) is 1.71. The molecule has 4 aromatic rings.